The highest BCUT2D eigenvalue weighted by molar-refractivity contribution is 7.45. The number of hydrogen-bond acceptors (Lipinski definition) is 7. The Morgan fingerprint density at radius 1 is 0.525 bits per heavy atom. The molecule has 0 aliphatic carbocycles. The third-order valence-corrected chi connectivity index (χ3v) is 12.0. The lowest BCUT2D eigenvalue weighted by atomic mass is 10.0. The number of phosphoric ester groups is 1. The van der Waals surface area contributed by atoms with E-state index in [0.29, 0.717) is 24.1 Å². The van der Waals surface area contributed by atoms with Crippen molar-refractivity contribution in [3.63, 3.8) is 0 Å². The quantitative estimate of drug-likeness (QED) is 0.0198. The molecule has 0 bridgehead atoms. The van der Waals surface area contributed by atoms with Crippen molar-refractivity contribution in [2.45, 2.75) is 238 Å². The van der Waals surface area contributed by atoms with Crippen molar-refractivity contribution in [2.24, 2.45) is 0 Å². The van der Waals surface area contributed by atoms with E-state index < -0.39 is 13.9 Å². The fraction of sp³-hybridized carbons (Fsp3) is 0.900. The Bertz CT molecular complexity index is 998. The lowest BCUT2D eigenvalue weighted by molar-refractivity contribution is -0.870. The standard InChI is InChI=1S/C50H98NO7P/c1-6-8-10-12-14-16-18-20-22-24-25-26-27-28-29-31-33-35-37-39-41-43-50(52)58-49(48-57-59(53,54)56-46-44-51(3,4)5)47-55-45-42-40-38-36-34-32-30-23-21-19-17-15-13-11-9-7-2/h15,17,21,23,49H,6-14,16,18-20,22,24-48H2,1-5H3/b17-15-,23-21-. The molecule has 0 aromatic carbocycles. The molecule has 2 unspecified atom stereocenters. The number of likely N-dealkylation sites (N-methyl/N-ethyl adjacent to an activating group) is 1. The highest BCUT2D eigenvalue weighted by atomic mass is 31.2. The van der Waals surface area contributed by atoms with Gasteiger partial charge < -0.3 is 27.9 Å². The van der Waals surface area contributed by atoms with Crippen LogP contribution in [0.5, 0.6) is 0 Å². The summed E-state index contributed by atoms with van der Waals surface area (Å²) in [6, 6.07) is 0. The molecular formula is C50H98NO7P. The van der Waals surface area contributed by atoms with Gasteiger partial charge in [-0.1, -0.05) is 205 Å². The summed E-state index contributed by atoms with van der Waals surface area (Å²) in [7, 11) is 1.36. The first-order valence-corrected chi connectivity index (χ1v) is 26.5. The van der Waals surface area contributed by atoms with Gasteiger partial charge in [0.05, 0.1) is 34.4 Å². The zero-order valence-electron chi connectivity index (χ0n) is 39.7. The number of phosphoric acid groups is 1. The molecule has 0 radical (unpaired) electrons. The number of carbonyl (C=O) groups excluding carboxylic acids is 1. The molecule has 0 heterocycles. The second kappa shape index (κ2) is 43.6. The molecule has 0 amide bonds. The predicted molar refractivity (Wildman–Crippen MR) is 250 cm³/mol. The molecule has 0 aromatic heterocycles. The van der Waals surface area contributed by atoms with Crippen molar-refractivity contribution in [3.8, 4) is 0 Å². The van der Waals surface area contributed by atoms with E-state index in [-0.39, 0.29) is 25.8 Å². The second-order valence-corrected chi connectivity index (χ2v) is 19.6. The first kappa shape index (κ1) is 58.0. The Morgan fingerprint density at radius 3 is 1.41 bits per heavy atom. The monoisotopic (exact) mass is 856 g/mol. The highest BCUT2D eigenvalue weighted by Crippen LogP contribution is 2.38. The number of quaternary nitrogens is 1. The van der Waals surface area contributed by atoms with Crippen molar-refractivity contribution in [1.29, 1.82) is 0 Å². The number of carbonyl (C=O) groups is 1. The number of rotatable bonds is 47. The average molecular weight is 856 g/mol. The Morgan fingerprint density at radius 2 is 0.932 bits per heavy atom. The number of esters is 1. The molecule has 0 rings (SSSR count). The smallest absolute Gasteiger partial charge is 0.306 e. The Labute approximate surface area is 366 Å². The normalized spacial score (nSPS) is 13.8. The minimum Gasteiger partial charge on any atom is -0.756 e. The molecule has 8 nitrogen and oxygen atoms in total. The predicted octanol–water partition coefficient (Wildman–Crippen LogP) is 14.5. The fourth-order valence-corrected chi connectivity index (χ4v) is 7.84. The SMILES string of the molecule is CCCCC/C=C\C/C=C\CCCCCCCCOCC(COP(=O)([O-])OCC[N+](C)(C)C)OC(=O)CCCCCCCCCCCCCCCCCCCCCCC. The Balaban J connectivity index is 4.13. The summed E-state index contributed by atoms with van der Waals surface area (Å²) in [6.45, 7) is 5.41. The number of unbranched alkanes of at least 4 members (excludes halogenated alkanes) is 29. The van der Waals surface area contributed by atoms with E-state index in [1.807, 2.05) is 21.1 Å². The largest absolute Gasteiger partial charge is 0.756 e. The van der Waals surface area contributed by atoms with Gasteiger partial charge >= 0.3 is 5.97 Å². The molecule has 0 saturated carbocycles. The number of hydrogen-bond donors (Lipinski definition) is 0. The van der Waals surface area contributed by atoms with Crippen LogP contribution < -0.4 is 4.89 Å². The van der Waals surface area contributed by atoms with Crippen LogP contribution in [0.3, 0.4) is 0 Å². The van der Waals surface area contributed by atoms with Gasteiger partial charge in [0.25, 0.3) is 7.82 Å². The maximum Gasteiger partial charge on any atom is 0.306 e. The van der Waals surface area contributed by atoms with Crippen molar-refractivity contribution in [2.75, 3.05) is 54.1 Å². The maximum absolute atomic E-state index is 12.7. The van der Waals surface area contributed by atoms with Crippen LogP contribution in [0.25, 0.3) is 0 Å². The molecule has 0 saturated heterocycles. The third-order valence-electron chi connectivity index (χ3n) is 11.0. The lowest BCUT2D eigenvalue weighted by Crippen LogP contribution is -2.37. The maximum atomic E-state index is 12.7. The van der Waals surface area contributed by atoms with Gasteiger partial charge in [-0.05, 0) is 44.9 Å². The molecule has 59 heavy (non-hydrogen) atoms. The van der Waals surface area contributed by atoms with Gasteiger partial charge in [-0.3, -0.25) is 9.36 Å². The third kappa shape index (κ3) is 47.9. The summed E-state index contributed by atoms with van der Waals surface area (Å²) in [5.41, 5.74) is 0. The average Bonchev–Trinajstić information content (AvgIpc) is 3.19. The van der Waals surface area contributed by atoms with Crippen molar-refractivity contribution in [3.05, 3.63) is 24.3 Å². The van der Waals surface area contributed by atoms with Crippen molar-refractivity contribution >= 4 is 13.8 Å². The molecule has 9 heteroatoms. The van der Waals surface area contributed by atoms with Gasteiger partial charge in [0, 0.05) is 13.0 Å². The van der Waals surface area contributed by atoms with Gasteiger partial charge in [-0.2, -0.15) is 0 Å². The van der Waals surface area contributed by atoms with E-state index in [4.69, 9.17) is 18.5 Å². The second-order valence-electron chi connectivity index (χ2n) is 18.2. The summed E-state index contributed by atoms with van der Waals surface area (Å²) < 4.78 is 34.7. The van der Waals surface area contributed by atoms with Crippen LogP contribution in [0.15, 0.2) is 24.3 Å². The summed E-state index contributed by atoms with van der Waals surface area (Å²) >= 11 is 0. The van der Waals surface area contributed by atoms with Gasteiger partial charge in [-0.25, -0.2) is 0 Å². The molecule has 0 aromatic rings. The number of nitrogens with zero attached hydrogens (tertiary/aromatic N) is 1. The first-order chi connectivity index (χ1) is 28.6. The first-order valence-electron chi connectivity index (χ1n) is 25.1. The molecule has 0 spiro atoms. The van der Waals surface area contributed by atoms with Crippen LogP contribution in [-0.4, -0.2) is 70.7 Å². The van der Waals surface area contributed by atoms with Crippen molar-refractivity contribution < 1.29 is 37.3 Å². The summed E-state index contributed by atoms with van der Waals surface area (Å²) in [6.07, 6.45) is 50.5. The van der Waals surface area contributed by atoms with E-state index in [1.165, 1.54) is 167 Å². The van der Waals surface area contributed by atoms with E-state index in [9.17, 15) is 14.3 Å². The number of allylic oxidation sites excluding steroid dienone is 4. The van der Waals surface area contributed by atoms with E-state index in [2.05, 4.69) is 38.2 Å². The fourth-order valence-electron chi connectivity index (χ4n) is 7.11. The van der Waals surface area contributed by atoms with Crippen LogP contribution in [0.4, 0.5) is 0 Å². The summed E-state index contributed by atoms with van der Waals surface area (Å²) in [5, 5.41) is 0. The van der Waals surface area contributed by atoms with E-state index >= 15 is 0 Å². The van der Waals surface area contributed by atoms with E-state index in [0.717, 1.165) is 44.9 Å². The Hall–Kier alpha value is -1.02. The number of ether oxygens (including phenoxy) is 2. The van der Waals surface area contributed by atoms with Gasteiger partial charge in [0.1, 0.15) is 19.3 Å². The minimum absolute atomic E-state index is 0.0261. The van der Waals surface area contributed by atoms with Crippen LogP contribution in [-0.2, 0) is 27.9 Å². The van der Waals surface area contributed by atoms with E-state index in [1.54, 1.807) is 0 Å². The zero-order valence-corrected chi connectivity index (χ0v) is 40.6. The van der Waals surface area contributed by atoms with Gasteiger partial charge in [0.15, 0.2) is 0 Å². The molecule has 0 aliphatic heterocycles. The van der Waals surface area contributed by atoms with Crippen molar-refractivity contribution in [1.82, 2.24) is 0 Å². The Kier molecular flexibility index (Phi) is 42.9. The lowest BCUT2D eigenvalue weighted by Gasteiger charge is -2.28. The molecule has 0 aliphatic rings. The molecule has 350 valence electrons. The summed E-state index contributed by atoms with van der Waals surface area (Å²) in [4.78, 5) is 25.1. The molecule has 2 atom stereocenters. The molecular weight excluding hydrogens is 758 g/mol. The van der Waals surface area contributed by atoms with Crippen LogP contribution in [0.2, 0.25) is 0 Å². The van der Waals surface area contributed by atoms with Crippen LogP contribution >= 0.6 is 7.82 Å². The highest BCUT2D eigenvalue weighted by Gasteiger charge is 2.20. The van der Waals surface area contributed by atoms with Crippen LogP contribution in [0, 0.1) is 0 Å². The topological polar surface area (TPSA) is 94.1 Å². The molecule has 0 N–H and O–H groups in total. The molecule has 0 fully saturated rings. The summed E-state index contributed by atoms with van der Waals surface area (Å²) in [5.74, 6) is -0.333. The zero-order chi connectivity index (χ0) is 43.4. The van der Waals surface area contributed by atoms with Crippen LogP contribution in [0.1, 0.15) is 232 Å². The van der Waals surface area contributed by atoms with Gasteiger partial charge in [-0.15, -0.1) is 0 Å². The minimum atomic E-state index is -4.53. The van der Waals surface area contributed by atoms with Gasteiger partial charge in [0.2, 0.25) is 0 Å².